The molecule has 4 aliphatic rings. The number of aromatic nitrogens is 2. The van der Waals surface area contributed by atoms with Crippen molar-refractivity contribution in [2.24, 2.45) is 0 Å². The van der Waals surface area contributed by atoms with Crippen LogP contribution in [-0.4, -0.2) is 76.6 Å². The van der Waals surface area contributed by atoms with E-state index in [0.29, 0.717) is 57.6 Å². The average molecular weight is 627 g/mol. The van der Waals surface area contributed by atoms with Crippen LogP contribution in [0, 0.1) is 5.82 Å². The summed E-state index contributed by atoms with van der Waals surface area (Å²) in [4.78, 5) is 13.8. The minimum absolute atomic E-state index is 0.0351. The topological polar surface area (TPSA) is 73.8 Å². The number of nitrogens with one attached hydrogen (secondary N) is 1. The van der Waals surface area contributed by atoms with E-state index in [1.54, 1.807) is 30.3 Å². The van der Waals surface area contributed by atoms with E-state index < -0.39 is 17.5 Å². The van der Waals surface area contributed by atoms with Gasteiger partial charge in [0, 0.05) is 59.5 Å². The van der Waals surface area contributed by atoms with Crippen LogP contribution in [0.5, 0.6) is 11.8 Å². The zero-order valence-corrected chi connectivity index (χ0v) is 24.9. The van der Waals surface area contributed by atoms with E-state index in [4.69, 9.17) is 32.9 Å². The van der Waals surface area contributed by atoms with E-state index >= 15 is 4.39 Å². The first kappa shape index (κ1) is 27.6. The van der Waals surface area contributed by atoms with E-state index in [9.17, 15) is 9.50 Å². The summed E-state index contributed by atoms with van der Waals surface area (Å²) in [5.41, 5.74) is 0.140. The summed E-state index contributed by atoms with van der Waals surface area (Å²) >= 11 is 13.5. The number of benzene rings is 3. The Morgan fingerprint density at radius 3 is 2.70 bits per heavy atom. The first-order valence-corrected chi connectivity index (χ1v) is 15.7. The third kappa shape index (κ3) is 4.58. The van der Waals surface area contributed by atoms with Crippen molar-refractivity contribution >= 4 is 50.7 Å². The zero-order valence-electron chi connectivity index (χ0n) is 23.4. The molecule has 4 aromatic rings. The lowest BCUT2D eigenvalue weighted by Crippen LogP contribution is -2.51. The first-order chi connectivity index (χ1) is 20.8. The van der Waals surface area contributed by atoms with Crippen LogP contribution < -0.4 is 15.0 Å². The SMILES string of the molecule is Oc1cc(-c2c(Cl)cc3c(N4CC5CCC(C4)N5)nc(OC[C@@]45CCCN4C[C@H](F)C5)nc3c2F)c2c(Cl)cccc2c1. The van der Waals surface area contributed by atoms with Gasteiger partial charge in [0.25, 0.3) is 0 Å². The highest BCUT2D eigenvalue weighted by Gasteiger charge is 2.49. The molecule has 2 N–H and O–H groups in total. The van der Waals surface area contributed by atoms with Crippen molar-refractivity contribution in [1.82, 2.24) is 20.2 Å². The number of hydrogen-bond donors (Lipinski definition) is 2. The molecule has 43 heavy (non-hydrogen) atoms. The fraction of sp³-hybridized carbons (Fsp3) is 0.438. The molecule has 0 amide bonds. The van der Waals surface area contributed by atoms with Crippen molar-refractivity contribution < 1.29 is 18.6 Å². The monoisotopic (exact) mass is 625 g/mol. The summed E-state index contributed by atoms with van der Waals surface area (Å²) < 4.78 is 37.6. The maximum Gasteiger partial charge on any atom is 0.319 e. The van der Waals surface area contributed by atoms with E-state index in [2.05, 4.69) is 20.1 Å². The molecule has 2 bridgehead atoms. The summed E-state index contributed by atoms with van der Waals surface area (Å²) in [6, 6.07) is 10.8. The van der Waals surface area contributed by atoms with Gasteiger partial charge < -0.3 is 20.1 Å². The molecular formula is C32H31Cl2F2N5O2. The second-order valence-electron chi connectivity index (χ2n) is 12.5. The third-order valence-corrected chi connectivity index (χ3v) is 10.4. The molecule has 1 aromatic heterocycles. The maximum absolute atomic E-state index is 16.9. The molecule has 2 unspecified atom stereocenters. The van der Waals surface area contributed by atoms with Crippen LogP contribution in [0.3, 0.4) is 0 Å². The predicted octanol–water partition coefficient (Wildman–Crippen LogP) is 6.50. The molecule has 4 aliphatic heterocycles. The van der Waals surface area contributed by atoms with Gasteiger partial charge >= 0.3 is 6.01 Å². The number of phenolic OH excluding ortho intramolecular Hbond substituents is 1. The van der Waals surface area contributed by atoms with Gasteiger partial charge in [-0.1, -0.05) is 35.3 Å². The normalized spacial score (nSPS) is 27.0. The predicted molar refractivity (Wildman–Crippen MR) is 165 cm³/mol. The Kier molecular flexibility index (Phi) is 6.60. The Balaban J connectivity index is 1.28. The highest BCUT2D eigenvalue weighted by atomic mass is 35.5. The molecule has 0 radical (unpaired) electrons. The first-order valence-electron chi connectivity index (χ1n) is 14.9. The van der Waals surface area contributed by atoms with Gasteiger partial charge in [0.2, 0.25) is 0 Å². The van der Waals surface area contributed by atoms with Crippen LogP contribution in [0.1, 0.15) is 32.1 Å². The number of alkyl halides is 1. The molecule has 5 heterocycles. The molecule has 8 rings (SSSR count). The zero-order chi connectivity index (χ0) is 29.5. The van der Waals surface area contributed by atoms with Crippen LogP contribution in [-0.2, 0) is 0 Å². The van der Waals surface area contributed by atoms with E-state index in [0.717, 1.165) is 45.3 Å². The Morgan fingerprint density at radius 2 is 1.88 bits per heavy atom. The second kappa shape index (κ2) is 10.3. The van der Waals surface area contributed by atoms with Gasteiger partial charge in [-0.25, -0.2) is 8.78 Å². The van der Waals surface area contributed by atoms with E-state index in [1.165, 1.54) is 6.07 Å². The number of hydrogen-bond acceptors (Lipinski definition) is 7. The Morgan fingerprint density at radius 1 is 1.07 bits per heavy atom. The largest absolute Gasteiger partial charge is 0.508 e. The van der Waals surface area contributed by atoms with Gasteiger partial charge in [0.1, 0.15) is 29.9 Å². The number of aromatic hydroxyl groups is 1. The van der Waals surface area contributed by atoms with Gasteiger partial charge in [-0.2, -0.15) is 9.97 Å². The number of halogens is 4. The standard InChI is InChI=1S/C32H31Cl2F2N5O2/c33-24-4-1-3-17-9-21(42)10-22(26(17)24)27-25(34)11-23-29(28(27)36)38-31(39-30(23)40-14-19-5-6-20(15-40)37-19)43-16-32-7-2-8-41(32)13-18(35)12-32/h1,3-4,9-11,18-20,37,42H,2,5-8,12-16H2/t18-,19?,20?,32+/m1/s1. The van der Waals surface area contributed by atoms with Gasteiger partial charge in [-0.3, -0.25) is 4.90 Å². The fourth-order valence-corrected chi connectivity index (χ4v) is 8.47. The lowest BCUT2D eigenvalue weighted by Gasteiger charge is -2.34. The highest BCUT2D eigenvalue weighted by molar-refractivity contribution is 6.38. The average Bonchev–Trinajstić information content (AvgIpc) is 3.62. The molecule has 0 spiro atoms. The molecule has 3 aromatic carbocycles. The van der Waals surface area contributed by atoms with Crippen molar-refractivity contribution in [2.45, 2.75) is 55.9 Å². The summed E-state index contributed by atoms with van der Waals surface area (Å²) in [5.74, 6) is -0.112. The summed E-state index contributed by atoms with van der Waals surface area (Å²) in [6.07, 6.45) is 3.49. The lowest BCUT2D eigenvalue weighted by atomic mass is 9.95. The van der Waals surface area contributed by atoms with Gasteiger partial charge in [-0.05, 0) is 67.4 Å². The molecule has 11 heteroatoms. The lowest BCUT2D eigenvalue weighted by molar-refractivity contribution is 0.107. The maximum atomic E-state index is 16.9. The van der Waals surface area contributed by atoms with Gasteiger partial charge in [-0.15, -0.1) is 0 Å². The molecular weight excluding hydrogens is 595 g/mol. The molecule has 4 atom stereocenters. The minimum atomic E-state index is -0.889. The van der Waals surface area contributed by atoms with Crippen molar-refractivity contribution in [1.29, 1.82) is 0 Å². The van der Waals surface area contributed by atoms with Gasteiger partial charge in [0.15, 0.2) is 5.82 Å². The Hall–Kier alpha value is -2.98. The van der Waals surface area contributed by atoms with E-state index in [1.807, 2.05) is 0 Å². The van der Waals surface area contributed by atoms with E-state index in [-0.39, 0.29) is 34.5 Å². The molecule has 4 fully saturated rings. The highest BCUT2D eigenvalue weighted by Crippen LogP contribution is 2.45. The molecule has 224 valence electrons. The quantitative estimate of drug-likeness (QED) is 0.262. The van der Waals surface area contributed by atoms with Crippen molar-refractivity contribution in [2.75, 3.05) is 37.7 Å². The molecule has 4 saturated heterocycles. The number of fused-ring (bicyclic) bond motifs is 5. The number of anilines is 1. The minimum Gasteiger partial charge on any atom is -0.508 e. The van der Waals surface area contributed by atoms with Crippen LogP contribution in [0.2, 0.25) is 10.0 Å². The van der Waals surface area contributed by atoms with Crippen LogP contribution >= 0.6 is 23.2 Å². The molecule has 7 nitrogen and oxygen atoms in total. The summed E-state index contributed by atoms with van der Waals surface area (Å²) in [7, 11) is 0. The van der Waals surface area contributed by atoms with Crippen molar-refractivity contribution in [3.63, 3.8) is 0 Å². The smallest absolute Gasteiger partial charge is 0.319 e. The van der Waals surface area contributed by atoms with Gasteiger partial charge in [0.05, 0.1) is 10.6 Å². The number of ether oxygens (including phenoxy) is 1. The Labute approximate surface area is 257 Å². The van der Waals surface area contributed by atoms with Crippen LogP contribution in [0.25, 0.3) is 32.8 Å². The van der Waals surface area contributed by atoms with Crippen LogP contribution in [0.4, 0.5) is 14.6 Å². The van der Waals surface area contributed by atoms with Crippen molar-refractivity contribution in [3.8, 4) is 22.9 Å². The third-order valence-electron chi connectivity index (χ3n) is 9.77. The number of rotatable bonds is 5. The number of phenols is 1. The molecule has 0 saturated carbocycles. The summed E-state index contributed by atoms with van der Waals surface area (Å²) in [6.45, 7) is 2.93. The molecule has 0 aliphatic carbocycles. The van der Waals surface area contributed by atoms with Crippen molar-refractivity contribution in [3.05, 3.63) is 52.3 Å². The van der Waals surface area contributed by atoms with Crippen LogP contribution in [0.15, 0.2) is 36.4 Å². The number of nitrogens with zero attached hydrogens (tertiary/aromatic N) is 4. The Bertz CT molecular complexity index is 1760. The second-order valence-corrected chi connectivity index (χ2v) is 13.3. The number of piperazine rings is 1. The fourth-order valence-electron chi connectivity index (χ4n) is 7.89. The summed E-state index contributed by atoms with van der Waals surface area (Å²) in [5, 5.41) is 16.5.